The average Bonchev–Trinajstić information content (AvgIpc) is 2.02. The van der Waals surface area contributed by atoms with Gasteiger partial charge in [-0.25, -0.2) is 0 Å². The van der Waals surface area contributed by atoms with E-state index in [0.29, 0.717) is 11.8 Å². The summed E-state index contributed by atoms with van der Waals surface area (Å²) < 4.78 is 0. The van der Waals surface area contributed by atoms with Crippen LogP contribution in [-0.4, -0.2) is 10.7 Å². The van der Waals surface area contributed by atoms with Crippen LogP contribution >= 0.6 is 0 Å². The lowest BCUT2D eigenvalue weighted by atomic mass is 9.70. The Morgan fingerprint density at radius 2 is 2.14 bits per heavy atom. The Morgan fingerprint density at radius 3 is 2.64 bits per heavy atom. The number of allylic oxidation sites excluding steroid dienone is 2. The molecule has 0 amide bonds. The van der Waals surface area contributed by atoms with Crippen LogP contribution in [0.1, 0.15) is 53.4 Å². The molecule has 0 saturated heterocycles. The van der Waals surface area contributed by atoms with Crippen molar-refractivity contribution in [2.24, 2.45) is 11.8 Å². The molecule has 0 bridgehead atoms. The molecule has 82 valence electrons. The minimum absolute atomic E-state index is 0.450. The van der Waals surface area contributed by atoms with Gasteiger partial charge in [0.15, 0.2) is 0 Å². The van der Waals surface area contributed by atoms with Gasteiger partial charge in [0.2, 0.25) is 0 Å². The zero-order valence-electron chi connectivity index (χ0n) is 10.0. The van der Waals surface area contributed by atoms with E-state index in [4.69, 9.17) is 0 Å². The quantitative estimate of drug-likeness (QED) is 0.685. The third kappa shape index (κ3) is 2.84. The van der Waals surface area contributed by atoms with Crippen LogP contribution in [0.5, 0.6) is 0 Å². The molecular formula is C13H24O. The predicted octanol–water partition coefficient (Wildman–Crippen LogP) is 3.53. The maximum atomic E-state index is 10.1. The van der Waals surface area contributed by atoms with Gasteiger partial charge in [-0.3, -0.25) is 0 Å². The summed E-state index contributed by atoms with van der Waals surface area (Å²) in [7, 11) is 0. The molecular weight excluding hydrogens is 172 g/mol. The first-order valence-electron chi connectivity index (χ1n) is 5.83. The third-order valence-electron chi connectivity index (χ3n) is 3.44. The van der Waals surface area contributed by atoms with Crippen LogP contribution in [0.3, 0.4) is 0 Å². The Bertz CT molecular complexity index is 210. The first-order chi connectivity index (χ1) is 6.45. The molecule has 14 heavy (non-hydrogen) atoms. The van der Waals surface area contributed by atoms with Gasteiger partial charge in [-0.15, -0.1) is 0 Å². The number of aliphatic hydroxyl groups is 1. The summed E-state index contributed by atoms with van der Waals surface area (Å²) in [5.74, 6) is 1.14. The topological polar surface area (TPSA) is 20.2 Å². The summed E-state index contributed by atoms with van der Waals surface area (Å²) in [4.78, 5) is 0. The molecule has 1 aliphatic rings. The van der Waals surface area contributed by atoms with Gasteiger partial charge in [-0.2, -0.15) is 0 Å². The van der Waals surface area contributed by atoms with E-state index in [9.17, 15) is 5.11 Å². The van der Waals surface area contributed by atoms with Crippen molar-refractivity contribution in [1.29, 1.82) is 0 Å². The van der Waals surface area contributed by atoms with Crippen molar-refractivity contribution in [3.05, 3.63) is 11.6 Å². The van der Waals surface area contributed by atoms with Crippen LogP contribution in [0.15, 0.2) is 11.6 Å². The molecule has 1 rings (SSSR count). The van der Waals surface area contributed by atoms with E-state index in [1.807, 2.05) is 13.8 Å². The lowest BCUT2D eigenvalue weighted by Gasteiger charge is -2.38. The van der Waals surface area contributed by atoms with Gasteiger partial charge in [0, 0.05) is 0 Å². The summed E-state index contributed by atoms with van der Waals surface area (Å²) >= 11 is 0. The highest BCUT2D eigenvalue weighted by molar-refractivity contribution is 5.08. The maximum Gasteiger partial charge on any atom is 0.0625 e. The lowest BCUT2D eigenvalue weighted by molar-refractivity contribution is -0.0142. The largest absolute Gasteiger partial charge is 0.390 e. The molecule has 0 fully saturated rings. The van der Waals surface area contributed by atoms with E-state index in [1.165, 1.54) is 24.8 Å². The van der Waals surface area contributed by atoms with Crippen molar-refractivity contribution in [2.75, 3.05) is 0 Å². The second-order valence-corrected chi connectivity index (χ2v) is 5.30. The fraction of sp³-hybridized carbons (Fsp3) is 0.846. The van der Waals surface area contributed by atoms with Crippen LogP contribution in [-0.2, 0) is 0 Å². The Kier molecular flexibility index (Phi) is 3.77. The van der Waals surface area contributed by atoms with Gasteiger partial charge in [-0.05, 0) is 45.4 Å². The van der Waals surface area contributed by atoms with E-state index in [-0.39, 0.29) is 0 Å². The first kappa shape index (κ1) is 11.8. The molecule has 0 heterocycles. The smallest absolute Gasteiger partial charge is 0.0625 e. The molecule has 2 atom stereocenters. The number of hydrogen-bond acceptors (Lipinski definition) is 1. The van der Waals surface area contributed by atoms with Crippen LogP contribution in [0, 0.1) is 11.8 Å². The minimum atomic E-state index is -0.517. The van der Waals surface area contributed by atoms with Crippen molar-refractivity contribution in [2.45, 2.75) is 59.0 Å². The second-order valence-electron chi connectivity index (χ2n) is 5.30. The Hall–Kier alpha value is -0.300. The highest BCUT2D eigenvalue weighted by atomic mass is 16.3. The van der Waals surface area contributed by atoms with Gasteiger partial charge < -0.3 is 5.11 Å². The van der Waals surface area contributed by atoms with Crippen molar-refractivity contribution in [3.8, 4) is 0 Å². The van der Waals surface area contributed by atoms with E-state index in [2.05, 4.69) is 19.9 Å². The molecule has 0 radical (unpaired) electrons. The lowest BCUT2D eigenvalue weighted by Crippen LogP contribution is -2.37. The minimum Gasteiger partial charge on any atom is -0.390 e. The SMILES string of the molecule is CCCC1CC(C)=CCC1C(C)(C)O. The van der Waals surface area contributed by atoms with Crippen LogP contribution < -0.4 is 0 Å². The van der Waals surface area contributed by atoms with Gasteiger partial charge in [-0.1, -0.05) is 31.4 Å². The Morgan fingerprint density at radius 1 is 1.50 bits per heavy atom. The zero-order valence-corrected chi connectivity index (χ0v) is 10.0. The third-order valence-corrected chi connectivity index (χ3v) is 3.44. The number of rotatable bonds is 3. The number of hydrogen-bond donors (Lipinski definition) is 1. The molecule has 0 saturated carbocycles. The molecule has 0 aromatic heterocycles. The fourth-order valence-electron chi connectivity index (χ4n) is 2.70. The molecule has 1 nitrogen and oxygen atoms in total. The highest BCUT2D eigenvalue weighted by Gasteiger charge is 2.34. The van der Waals surface area contributed by atoms with Crippen molar-refractivity contribution >= 4 is 0 Å². The van der Waals surface area contributed by atoms with E-state index < -0.39 is 5.60 Å². The molecule has 0 aliphatic heterocycles. The Labute approximate surface area is 88.2 Å². The van der Waals surface area contributed by atoms with Gasteiger partial charge in [0.05, 0.1) is 5.60 Å². The van der Waals surface area contributed by atoms with Gasteiger partial charge in [0.25, 0.3) is 0 Å². The predicted molar refractivity (Wildman–Crippen MR) is 61.2 cm³/mol. The molecule has 0 aromatic carbocycles. The molecule has 2 unspecified atom stereocenters. The monoisotopic (exact) mass is 196 g/mol. The van der Waals surface area contributed by atoms with Gasteiger partial charge in [0.1, 0.15) is 0 Å². The normalized spacial score (nSPS) is 28.8. The summed E-state index contributed by atoms with van der Waals surface area (Å²) in [6.45, 7) is 8.35. The zero-order chi connectivity index (χ0) is 10.8. The first-order valence-corrected chi connectivity index (χ1v) is 5.83. The molecule has 1 N–H and O–H groups in total. The van der Waals surface area contributed by atoms with Crippen molar-refractivity contribution in [3.63, 3.8) is 0 Å². The molecule has 0 spiro atoms. The van der Waals surface area contributed by atoms with E-state index in [1.54, 1.807) is 0 Å². The van der Waals surface area contributed by atoms with Crippen LogP contribution in [0.4, 0.5) is 0 Å². The van der Waals surface area contributed by atoms with Crippen LogP contribution in [0.25, 0.3) is 0 Å². The van der Waals surface area contributed by atoms with E-state index in [0.717, 1.165) is 6.42 Å². The molecule has 0 aromatic rings. The highest BCUT2D eigenvalue weighted by Crippen LogP contribution is 2.38. The standard InChI is InChI=1S/C13H24O/c1-5-6-11-9-10(2)7-8-12(11)13(3,4)14/h7,11-12,14H,5-6,8-9H2,1-4H3. The van der Waals surface area contributed by atoms with Crippen molar-refractivity contribution < 1.29 is 5.11 Å². The second kappa shape index (κ2) is 4.48. The van der Waals surface area contributed by atoms with Crippen LogP contribution in [0.2, 0.25) is 0 Å². The fourth-order valence-corrected chi connectivity index (χ4v) is 2.70. The summed E-state index contributed by atoms with van der Waals surface area (Å²) in [6, 6.07) is 0. The molecule has 1 heteroatoms. The summed E-state index contributed by atoms with van der Waals surface area (Å²) in [5.41, 5.74) is 0.987. The van der Waals surface area contributed by atoms with Crippen molar-refractivity contribution in [1.82, 2.24) is 0 Å². The average molecular weight is 196 g/mol. The van der Waals surface area contributed by atoms with E-state index >= 15 is 0 Å². The summed E-state index contributed by atoms with van der Waals surface area (Å²) in [6.07, 6.45) is 7.02. The Balaban J connectivity index is 2.72. The summed E-state index contributed by atoms with van der Waals surface area (Å²) in [5, 5.41) is 10.1. The maximum absolute atomic E-state index is 10.1. The van der Waals surface area contributed by atoms with Gasteiger partial charge >= 0.3 is 0 Å². The molecule has 1 aliphatic carbocycles.